The van der Waals surface area contributed by atoms with E-state index in [1.807, 2.05) is 18.2 Å². The van der Waals surface area contributed by atoms with Crippen molar-refractivity contribution in [2.24, 2.45) is 5.16 Å². The molecular weight excluding hydrogens is 228 g/mol. The third-order valence-corrected chi connectivity index (χ3v) is 2.33. The normalized spacial score (nSPS) is 11.1. The van der Waals surface area contributed by atoms with Crippen molar-refractivity contribution in [3.8, 4) is 0 Å². The second kappa shape index (κ2) is 6.12. The van der Waals surface area contributed by atoms with Crippen LogP contribution in [0, 0.1) is 0 Å². The van der Waals surface area contributed by atoms with Crippen LogP contribution >= 0.6 is 11.6 Å². The SMILES string of the molecule is CNC(=O)/C(=N/OC)c1ccccc1CCl. The van der Waals surface area contributed by atoms with Crippen LogP contribution in [0.5, 0.6) is 0 Å². The number of oxime groups is 1. The molecule has 4 nitrogen and oxygen atoms in total. The van der Waals surface area contributed by atoms with Gasteiger partial charge >= 0.3 is 0 Å². The van der Waals surface area contributed by atoms with Gasteiger partial charge in [-0.3, -0.25) is 4.79 Å². The van der Waals surface area contributed by atoms with Gasteiger partial charge in [0.2, 0.25) is 0 Å². The van der Waals surface area contributed by atoms with Crippen molar-refractivity contribution >= 4 is 23.2 Å². The van der Waals surface area contributed by atoms with Gasteiger partial charge in [0, 0.05) is 18.5 Å². The Kier molecular flexibility index (Phi) is 4.79. The van der Waals surface area contributed by atoms with E-state index in [1.165, 1.54) is 14.2 Å². The Morgan fingerprint density at radius 3 is 2.75 bits per heavy atom. The monoisotopic (exact) mass is 240 g/mol. The number of hydrogen-bond acceptors (Lipinski definition) is 3. The second-order valence-corrected chi connectivity index (χ2v) is 3.26. The first-order valence-corrected chi connectivity index (χ1v) is 5.25. The van der Waals surface area contributed by atoms with Crippen LogP contribution in [-0.2, 0) is 15.5 Å². The fourth-order valence-electron chi connectivity index (χ4n) is 1.29. The summed E-state index contributed by atoms with van der Waals surface area (Å²) in [6, 6.07) is 7.30. The highest BCUT2D eigenvalue weighted by Crippen LogP contribution is 2.13. The molecule has 0 aromatic heterocycles. The average Bonchev–Trinajstić information content (AvgIpc) is 2.35. The van der Waals surface area contributed by atoms with E-state index in [0.717, 1.165) is 5.56 Å². The van der Waals surface area contributed by atoms with E-state index in [4.69, 9.17) is 11.6 Å². The lowest BCUT2D eigenvalue weighted by atomic mass is 10.0. The van der Waals surface area contributed by atoms with Gasteiger partial charge < -0.3 is 10.2 Å². The van der Waals surface area contributed by atoms with Gasteiger partial charge in [-0.2, -0.15) is 0 Å². The molecule has 0 aliphatic carbocycles. The van der Waals surface area contributed by atoms with Gasteiger partial charge in [-0.1, -0.05) is 29.4 Å². The minimum Gasteiger partial charge on any atom is -0.398 e. The van der Waals surface area contributed by atoms with Crippen LogP contribution < -0.4 is 5.32 Å². The highest BCUT2D eigenvalue weighted by Gasteiger charge is 2.16. The first-order valence-electron chi connectivity index (χ1n) is 4.72. The van der Waals surface area contributed by atoms with Crippen LogP contribution in [0.25, 0.3) is 0 Å². The predicted octanol–water partition coefficient (Wildman–Crippen LogP) is 1.52. The third kappa shape index (κ3) is 2.73. The number of alkyl halides is 1. The number of amides is 1. The molecule has 0 bridgehead atoms. The summed E-state index contributed by atoms with van der Waals surface area (Å²) < 4.78 is 0. The Balaban J connectivity index is 3.21. The van der Waals surface area contributed by atoms with Crippen LogP contribution in [-0.4, -0.2) is 25.8 Å². The molecule has 1 rings (SSSR count). The van der Waals surface area contributed by atoms with Gasteiger partial charge in [0.15, 0.2) is 5.71 Å². The molecule has 0 heterocycles. The number of halogens is 1. The first kappa shape index (κ1) is 12.5. The zero-order valence-electron chi connectivity index (χ0n) is 9.16. The number of nitrogens with zero attached hydrogens (tertiary/aromatic N) is 1. The Labute approximate surface area is 99.2 Å². The van der Waals surface area contributed by atoms with Crippen molar-refractivity contribution in [1.82, 2.24) is 5.32 Å². The molecule has 0 saturated carbocycles. The van der Waals surface area contributed by atoms with Crippen LogP contribution in [0.2, 0.25) is 0 Å². The van der Waals surface area contributed by atoms with E-state index in [-0.39, 0.29) is 11.6 Å². The molecule has 0 unspecified atom stereocenters. The summed E-state index contributed by atoms with van der Waals surface area (Å²) in [5.41, 5.74) is 1.74. The zero-order valence-corrected chi connectivity index (χ0v) is 9.91. The Hall–Kier alpha value is -1.55. The largest absolute Gasteiger partial charge is 0.398 e. The Morgan fingerprint density at radius 2 is 2.19 bits per heavy atom. The van der Waals surface area contributed by atoms with Crippen molar-refractivity contribution in [2.75, 3.05) is 14.2 Å². The predicted molar refractivity (Wildman–Crippen MR) is 63.6 cm³/mol. The molecule has 0 spiro atoms. The molecule has 1 aromatic carbocycles. The van der Waals surface area contributed by atoms with Crippen molar-refractivity contribution in [2.45, 2.75) is 5.88 Å². The topological polar surface area (TPSA) is 50.7 Å². The Bertz CT molecular complexity index is 405. The van der Waals surface area contributed by atoms with E-state index in [1.54, 1.807) is 6.07 Å². The molecule has 1 aromatic rings. The highest BCUT2D eigenvalue weighted by atomic mass is 35.5. The lowest BCUT2D eigenvalue weighted by Crippen LogP contribution is -2.29. The maximum Gasteiger partial charge on any atom is 0.273 e. The summed E-state index contributed by atoms with van der Waals surface area (Å²) in [5.74, 6) is 0.00928. The summed E-state index contributed by atoms with van der Waals surface area (Å²) in [6.07, 6.45) is 0. The molecule has 1 N–H and O–H groups in total. The molecule has 0 fully saturated rings. The van der Waals surface area contributed by atoms with Gasteiger partial charge in [-0.25, -0.2) is 0 Å². The molecule has 16 heavy (non-hydrogen) atoms. The van der Waals surface area contributed by atoms with E-state index in [2.05, 4.69) is 15.3 Å². The maximum atomic E-state index is 11.6. The van der Waals surface area contributed by atoms with E-state index < -0.39 is 0 Å². The van der Waals surface area contributed by atoms with Crippen LogP contribution in [0.3, 0.4) is 0 Å². The van der Waals surface area contributed by atoms with Gasteiger partial charge in [0.25, 0.3) is 5.91 Å². The van der Waals surface area contributed by atoms with Crippen LogP contribution in [0.4, 0.5) is 0 Å². The summed E-state index contributed by atoms with van der Waals surface area (Å²) in [4.78, 5) is 16.3. The molecule has 0 saturated heterocycles. The highest BCUT2D eigenvalue weighted by molar-refractivity contribution is 6.45. The maximum absolute atomic E-state index is 11.6. The molecule has 0 radical (unpaired) electrons. The lowest BCUT2D eigenvalue weighted by Gasteiger charge is -2.08. The average molecular weight is 241 g/mol. The Morgan fingerprint density at radius 1 is 1.50 bits per heavy atom. The van der Waals surface area contributed by atoms with Crippen LogP contribution in [0.1, 0.15) is 11.1 Å². The molecule has 5 heteroatoms. The zero-order chi connectivity index (χ0) is 12.0. The number of rotatable bonds is 4. The number of hydrogen-bond donors (Lipinski definition) is 1. The second-order valence-electron chi connectivity index (χ2n) is 2.99. The van der Waals surface area contributed by atoms with Crippen molar-refractivity contribution in [3.63, 3.8) is 0 Å². The van der Waals surface area contributed by atoms with E-state index in [9.17, 15) is 4.79 Å². The third-order valence-electron chi connectivity index (χ3n) is 2.04. The number of nitrogens with one attached hydrogen (secondary N) is 1. The van der Waals surface area contributed by atoms with Crippen molar-refractivity contribution in [1.29, 1.82) is 0 Å². The van der Waals surface area contributed by atoms with Crippen LogP contribution in [0.15, 0.2) is 29.4 Å². The summed E-state index contributed by atoms with van der Waals surface area (Å²) in [7, 11) is 2.93. The fraction of sp³-hybridized carbons (Fsp3) is 0.273. The smallest absolute Gasteiger partial charge is 0.273 e. The van der Waals surface area contributed by atoms with Gasteiger partial charge in [0.05, 0.1) is 0 Å². The van der Waals surface area contributed by atoms with Gasteiger partial charge in [0.1, 0.15) is 7.11 Å². The summed E-state index contributed by atoms with van der Waals surface area (Å²) in [5, 5.41) is 6.23. The van der Waals surface area contributed by atoms with Crippen molar-refractivity contribution in [3.05, 3.63) is 35.4 Å². The fourth-order valence-corrected chi connectivity index (χ4v) is 1.52. The van der Waals surface area contributed by atoms with E-state index >= 15 is 0 Å². The quantitative estimate of drug-likeness (QED) is 0.493. The minimum atomic E-state index is -0.306. The van der Waals surface area contributed by atoms with Gasteiger partial charge in [-0.15, -0.1) is 11.6 Å². The first-order chi connectivity index (χ1) is 7.74. The summed E-state index contributed by atoms with van der Waals surface area (Å²) >= 11 is 5.80. The van der Waals surface area contributed by atoms with E-state index in [0.29, 0.717) is 11.4 Å². The summed E-state index contributed by atoms with van der Waals surface area (Å²) in [6.45, 7) is 0. The van der Waals surface area contributed by atoms with Crippen molar-refractivity contribution < 1.29 is 9.63 Å². The number of benzene rings is 1. The molecule has 0 atom stereocenters. The standard InChI is InChI=1S/C11H13ClN2O2/c1-13-11(15)10(14-16-2)9-6-4-3-5-8(9)7-12/h3-6H,7H2,1-2H3,(H,13,15)/b14-10+. The molecular formula is C11H13ClN2O2. The lowest BCUT2D eigenvalue weighted by molar-refractivity contribution is -0.114. The minimum absolute atomic E-state index is 0.223. The molecule has 1 amide bonds. The number of likely N-dealkylation sites (N-methyl/N-ethyl adjacent to an activating group) is 1. The molecule has 86 valence electrons. The van der Waals surface area contributed by atoms with Gasteiger partial charge in [-0.05, 0) is 5.56 Å². The molecule has 0 aliphatic heterocycles. The number of carbonyl (C=O) groups is 1. The molecule has 0 aliphatic rings. The number of carbonyl (C=O) groups excluding carboxylic acids is 1.